The molecule has 0 heterocycles. The first-order valence-corrected chi connectivity index (χ1v) is 27.9. The standard InChI is InChI=1S/C61H42N6O13S2/c1-31-11-19-37(20-12-31)62-45-29-49(81(75,76)77)55(53-51(45)58(71)39-7-3-5-9-41(39)60(53)73)66-64-43-27-33(15-23-47(43)68)25-35-17-18-36(57(35)70)26-34-16-24-48(69)44(28-34)65-67-56-50(82(78,79)80)30-46(63-38-21-13-32(2)14-22-38)52-54(56)61(74)42-10-6-4-8-40(42)59(52)72/h3-16,19-30,62-63,68-69H,17-18H2,1-2H3,(H,75,76,77)(H,78,79,80)/b35-25+,36-26+,66-64?,67-65?. The van der Waals surface area contributed by atoms with Crippen LogP contribution in [0, 0.1) is 13.8 Å². The van der Waals surface area contributed by atoms with Gasteiger partial charge in [-0.05, 0) is 111 Å². The Balaban J connectivity index is 0.907. The Bertz CT molecular complexity index is 4240. The fourth-order valence-electron chi connectivity index (χ4n) is 9.89. The highest BCUT2D eigenvalue weighted by Crippen LogP contribution is 2.46. The Morgan fingerprint density at radius 3 is 1.11 bits per heavy atom. The van der Waals surface area contributed by atoms with E-state index in [2.05, 4.69) is 31.1 Å². The first kappa shape index (κ1) is 53.8. The lowest BCUT2D eigenvalue weighted by Crippen LogP contribution is -2.23. The van der Waals surface area contributed by atoms with Crippen LogP contribution in [0.4, 0.5) is 45.5 Å². The first-order valence-electron chi connectivity index (χ1n) is 25.0. The lowest BCUT2D eigenvalue weighted by atomic mass is 9.82. The molecule has 19 nitrogen and oxygen atoms in total. The van der Waals surface area contributed by atoms with Crippen molar-refractivity contribution in [2.45, 2.75) is 36.5 Å². The second-order valence-electron chi connectivity index (χ2n) is 19.4. The quantitative estimate of drug-likeness (QED) is 0.0376. The second kappa shape index (κ2) is 20.8. The summed E-state index contributed by atoms with van der Waals surface area (Å²) in [5, 5.41) is 44.4. The molecule has 406 valence electrons. The van der Waals surface area contributed by atoms with Crippen molar-refractivity contribution < 1.29 is 60.1 Å². The average Bonchev–Trinajstić information content (AvgIpc) is 1.73. The molecular formula is C61H42N6O13S2. The molecule has 0 saturated heterocycles. The number of aromatic hydroxyl groups is 2. The molecule has 0 bridgehead atoms. The third-order valence-corrected chi connectivity index (χ3v) is 15.7. The Labute approximate surface area is 467 Å². The third-order valence-electron chi connectivity index (χ3n) is 13.9. The van der Waals surface area contributed by atoms with E-state index in [0.29, 0.717) is 33.6 Å². The number of nitrogens with one attached hydrogen (secondary N) is 2. The maximum atomic E-state index is 14.3. The molecule has 1 saturated carbocycles. The van der Waals surface area contributed by atoms with Crippen molar-refractivity contribution in [1.29, 1.82) is 0 Å². The summed E-state index contributed by atoms with van der Waals surface area (Å²) < 4.78 is 73.5. The minimum Gasteiger partial charge on any atom is -0.506 e. The van der Waals surface area contributed by atoms with Gasteiger partial charge in [0.2, 0.25) is 0 Å². The summed E-state index contributed by atoms with van der Waals surface area (Å²) in [5.74, 6) is -4.09. The number of nitrogens with zero attached hydrogens (tertiary/aromatic N) is 4. The van der Waals surface area contributed by atoms with Crippen LogP contribution in [0.3, 0.4) is 0 Å². The van der Waals surface area contributed by atoms with Crippen LogP contribution in [-0.2, 0) is 25.0 Å². The maximum Gasteiger partial charge on any atom is 0.296 e. The highest BCUT2D eigenvalue weighted by Gasteiger charge is 2.40. The average molecular weight is 1130 g/mol. The molecule has 0 aliphatic heterocycles. The summed E-state index contributed by atoms with van der Waals surface area (Å²) in [6.07, 6.45) is 3.55. The predicted molar refractivity (Wildman–Crippen MR) is 303 cm³/mol. The molecule has 3 aliphatic rings. The number of rotatable bonds is 12. The van der Waals surface area contributed by atoms with Crippen molar-refractivity contribution in [3.05, 3.63) is 224 Å². The molecule has 0 unspecified atom stereocenters. The fraction of sp³-hybridized carbons (Fsp3) is 0.0656. The van der Waals surface area contributed by atoms with Gasteiger partial charge in [0.05, 0.1) is 33.6 Å². The predicted octanol–water partition coefficient (Wildman–Crippen LogP) is 12.9. The van der Waals surface area contributed by atoms with Crippen LogP contribution in [0.2, 0.25) is 0 Å². The molecule has 0 spiro atoms. The lowest BCUT2D eigenvalue weighted by molar-refractivity contribution is -0.111. The number of phenols is 2. The van der Waals surface area contributed by atoms with Crippen molar-refractivity contribution in [3.63, 3.8) is 0 Å². The molecule has 1 fully saturated rings. The number of carbonyl (C=O) groups excluding carboxylic acids is 5. The SMILES string of the molecule is Cc1ccc(Nc2cc(S(=O)(=O)O)c(N=Nc3cc(/C=C4\CC/C(=C\c5ccc(O)c(N=Nc6c(S(=O)(=O)O)cc(Nc7ccc(C)cc7)c7c6C(=O)c6ccccc6C7=O)c5)C4=O)ccc3O)c3c2C(=O)c2ccccc2C3=O)cc1. The summed E-state index contributed by atoms with van der Waals surface area (Å²) in [6.45, 7) is 3.71. The monoisotopic (exact) mass is 1130 g/mol. The van der Waals surface area contributed by atoms with E-state index < -0.39 is 87.2 Å². The Morgan fingerprint density at radius 1 is 0.427 bits per heavy atom. The van der Waals surface area contributed by atoms with Gasteiger partial charge >= 0.3 is 0 Å². The van der Waals surface area contributed by atoms with E-state index in [4.69, 9.17) is 0 Å². The zero-order chi connectivity index (χ0) is 57.9. The fourth-order valence-corrected chi connectivity index (χ4v) is 11.2. The van der Waals surface area contributed by atoms with Crippen molar-refractivity contribution >= 4 is 107 Å². The molecule has 82 heavy (non-hydrogen) atoms. The Hall–Kier alpha value is -10.2. The van der Waals surface area contributed by atoms with Crippen LogP contribution in [0.25, 0.3) is 12.2 Å². The van der Waals surface area contributed by atoms with Gasteiger partial charge in [-0.3, -0.25) is 33.1 Å². The van der Waals surface area contributed by atoms with Gasteiger partial charge in [0.25, 0.3) is 20.2 Å². The molecular weight excluding hydrogens is 1090 g/mol. The van der Waals surface area contributed by atoms with Gasteiger partial charge in [-0.2, -0.15) is 16.8 Å². The number of fused-ring (bicyclic) bond motifs is 4. The zero-order valence-electron chi connectivity index (χ0n) is 43.0. The van der Waals surface area contributed by atoms with Crippen molar-refractivity contribution in [2.75, 3.05) is 10.6 Å². The van der Waals surface area contributed by atoms with Gasteiger partial charge < -0.3 is 20.8 Å². The molecule has 8 aromatic rings. The largest absolute Gasteiger partial charge is 0.506 e. The number of carbonyl (C=O) groups is 5. The zero-order valence-corrected chi connectivity index (χ0v) is 44.6. The van der Waals surface area contributed by atoms with E-state index in [1.165, 1.54) is 84.9 Å². The number of azo groups is 2. The molecule has 6 N–H and O–H groups in total. The molecule has 0 atom stereocenters. The second-order valence-corrected chi connectivity index (χ2v) is 22.2. The summed E-state index contributed by atoms with van der Waals surface area (Å²) >= 11 is 0. The number of allylic oxidation sites excluding steroid dienone is 2. The number of phenolic OH excluding ortho intramolecular Hbond substituents is 2. The van der Waals surface area contributed by atoms with Crippen molar-refractivity contribution in [3.8, 4) is 11.5 Å². The van der Waals surface area contributed by atoms with Crippen LogP contribution >= 0.6 is 0 Å². The highest BCUT2D eigenvalue weighted by atomic mass is 32.2. The Morgan fingerprint density at radius 2 is 0.768 bits per heavy atom. The molecule has 0 aromatic heterocycles. The lowest BCUT2D eigenvalue weighted by Gasteiger charge is -2.23. The van der Waals surface area contributed by atoms with Crippen molar-refractivity contribution in [1.82, 2.24) is 0 Å². The minimum atomic E-state index is -5.18. The highest BCUT2D eigenvalue weighted by molar-refractivity contribution is 7.86. The van der Waals surface area contributed by atoms with Crippen LogP contribution in [-0.4, -0.2) is 65.1 Å². The molecule has 0 radical (unpaired) electrons. The number of hydrogen-bond acceptors (Lipinski definition) is 17. The van der Waals surface area contributed by atoms with Crippen LogP contribution in [0.1, 0.15) is 98.8 Å². The molecule has 11 rings (SSSR count). The van der Waals surface area contributed by atoms with E-state index in [0.717, 1.165) is 23.3 Å². The van der Waals surface area contributed by atoms with E-state index in [1.54, 1.807) is 60.7 Å². The van der Waals surface area contributed by atoms with E-state index in [9.17, 15) is 60.1 Å². The molecule has 3 aliphatic carbocycles. The van der Waals surface area contributed by atoms with E-state index in [-0.39, 0.29) is 74.8 Å². The summed E-state index contributed by atoms with van der Waals surface area (Å²) in [4.78, 5) is 69.2. The topological polar surface area (TPSA) is 308 Å². The summed E-state index contributed by atoms with van der Waals surface area (Å²) in [5.41, 5.74) is 0.642. The maximum absolute atomic E-state index is 14.3. The number of Topliss-reactive ketones (excluding diaryl/α,β-unsaturated/α-hetero) is 1. The molecule has 21 heteroatoms. The number of aryl methyl sites for hydroxylation is 2. The number of ketones is 5. The van der Waals surface area contributed by atoms with Crippen LogP contribution < -0.4 is 10.6 Å². The Kier molecular flexibility index (Phi) is 13.6. The number of hydrogen-bond donors (Lipinski definition) is 6. The van der Waals surface area contributed by atoms with Gasteiger partial charge in [0, 0.05) is 44.8 Å². The minimum absolute atomic E-state index is 0.0439. The van der Waals surface area contributed by atoms with Crippen LogP contribution in [0.15, 0.2) is 187 Å². The van der Waals surface area contributed by atoms with Gasteiger partial charge in [0.15, 0.2) is 28.9 Å². The number of anilines is 4. The number of benzene rings is 8. The van der Waals surface area contributed by atoms with Gasteiger partial charge in [0.1, 0.15) is 44.0 Å². The normalized spacial score (nSPS) is 15.1. The molecule has 8 aromatic carbocycles. The summed E-state index contributed by atoms with van der Waals surface area (Å²) in [6, 6.07) is 35.8. The van der Waals surface area contributed by atoms with Gasteiger partial charge in [-0.15, -0.1) is 20.5 Å². The van der Waals surface area contributed by atoms with Crippen LogP contribution in [0.5, 0.6) is 11.5 Å². The van der Waals surface area contributed by atoms with Crippen molar-refractivity contribution in [2.24, 2.45) is 20.5 Å². The van der Waals surface area contributed by atoms with E-state index >= 15 is 0 Å². The van der Waals surface area contributed by atoms with Gasteiger partial charge in [-0.25, -0.2) is 0 Å². The third kappa shape index (κ3) is 10.1. The van der Waals surface area contributed by atoms with Gasteiger partial charge in [-0.1, -0.05) is 96.1 Å². The molecule has 0 amide bonds. The smallest absolute Gasteiger partial charge is 0.296 e. The first-order chi connectivity index (χ1) is 39.1. The van der Waals surface area contributed by atoms with E-state index in [1.807, 2.05) is 13.8 Å². The summed E-state index contributed by atoms with van der Waals surface area (Å²) in [7, 11) is -10.4.